The quantitative estimate of drug-likeness (QED) is 0.722. The Morgan fingerprint density at radius 2 is 1.85 bits per heavy atom. The smallest absolute Gasteiger partial charge is 0.332 e. The number of fused-ring (bicyclic) bond motifs is 5. The molecule has 27 heavy (non-hydrogen) atoms. The number of hydrogen-bond acceptors (Lipinski definition) is 5. The number of nitrogens with zero attached hydrogens (tertiary/aromatic N) is 5. The van der Waals surface area contributed by atoms with E-state index in [1.54, 1.807) is 24.7 Å². The van der Waals surface area contributed by atoms with Gasteiger partial charge in [-0.3, -0.25) is 23.6 Å². The van der Waals surface area contributed by atoms with Crippen molar-refractivity contribution in [3.63, 3.8) is 0 Å². The molecule has 9 heteroatoms. The maximum atomic E-state index is 12.8. The highest BCUT2D eigenvalue weighted by Gasteiger charge is 2.30. The first-order valence-electron chi connectivity index (χ1n) is 9.38. The van der Waals surface area contributed by atoms with Gasteiger partial charge in [-0.25, -0.2) is 4.79 Å². The Kier molecular flexibility index (Phi) is 4.43. The summed E-state index contributed by atoms with van der Waals surface area (Å²) in [5.74, 6) is -0.223. The van der Waals surface area contributed by atoms with Crippen molar-refractivity contribution in [1.82, 2.24) is 28.8 Å². The Labute approximate surface area is 156 Å². The van der Waals surface area contributed by atoms with E-state index in [2.05, 4.69) is 15.1 Å². The largest absolute Gasteiger partial charge is 0.349 e. The number of aryl methyl sites for hydroxylation is 2. The van der Waals surface area contributed by atoms with Crippen LogP contribution in [0.1, 0.15) is 16.9 Å². The van der Waals surface area contributed by atoms with Crippen molar-refractivity contribution in [2.24, 2.45) is 21.1 Å². The fraction of sp³-hybridized carbons (Fsp3) is 0.611. The minimum Gasteiger partial charge on any atom is -0.349 e. The van der Waals surface area contributed by atoms with E-state index < -0.39 is 5.69 Å². The van der Waals surface area contributed by atoms with Crippen LogP contribution in [0.3, 0.4) is 0 Å². The van der Waals surface area contributed by atoms with E-state index in [9.17, 15) is 14.4 Å². The van der Waals surface area contributed by atoms with Gasteiger partial charge >= 0.3 is 5.69 Å². The highest BCUT2D eigenvalue weighted by Crippen LogP contribution is 2.16. The van der Waals surface area contributed by atoms with E-state index in [1.807, 2.05) is 0 Å². The molecule has 3 aliphatic heterocycles. The van der Waals surface area contributed by atoms with Gasteiger partial charge < -0.3 is 14.8 Å². The third-order valence-corrected chi connectivity index (χ3v) is 5.97. The van der Waals surface area contributed by atoms with E-state index >= 15 is 0 Å². The first kappa shape index (κ1) is 18.0. The Hall–Kier alpha value is -2.39. The lowest BCUT2D eigenvalue weighted by Gasteiger charge is -2.37. The van der Waals surface area contributed by atoms with Crippen LogP contribution in [0.15, 0.2) is 15.7 Å². The van der Waals surface area contributed by atoms with Crippen LogP contribution >= 0.6 is 0 Å². The minimum absolute atomic E-state index is 0.223. The van der Waals surface area contributed by atoms with Gasteiger partial charge in [0.1, 0.15) is 11.3 Å². The summed E-state index contributed by atoms with van der Waals surface area (Å²) in [6.07, 6.45) is 1.17. The molecule has 146 valence electrons. The topological polar surface area (TPSA) is 84.5 Å². The summed E-state index contributed by atoms with van der Waals surface area (Å²) in [7, 11) is 4.76. The van der Waals surface area contributed by atoms with Gasteiger partial charge in [-0.2, -0.15) is 0 Å². The van der Waals surface area contributed by atoms with Crippen LogP contribution in [0.2, 0.25) is 0 Å². The monoisotopic (exact) mass is 374 g/mol. The predicted octanol–water partition coefficient (Wildman–Crippen LogP) is -1.30. The second-order valence-electron chi connectivity index (χ2n) is 7.59. The third-order valence-electron chi connectivity index (χ3n) is 5.97. The van der Waals surface area contributed by atoms with Gasteiger partial charge in [0.05, 0.1) is 5.39 Å². The summed E-state index contributed by atoms with van der Waals surface area (Å²) >= 11 is 0. The van der Waals surface area contributed by atoms with Crippen LogP contribution in [0.4, 0.5) is 0 Å². The molecular weight excluding hydrogens is 348 g/mol. The van der Waals surface area contributed by atoms with Crippen LogP contribution in [0.25, 0.3) is 11.0 Å². The fourth-order valence-corrected chi connectivity index (χ4v) is 4.40. The van der Waals surface area contributed by atoms with Crippen molar-refractivity contribution >= 4 is 16.9 Å². The van der Waals surface area contributed by atoms with E-state index in [4.69, 9.17) is 0 Å². The molecule has 2 aromatic heterocycles. The molecule has 9 nitrogen and oxygen atoms in total. The Morgan fingerprint density at radius 1 is 1.07 bits per heavy atom. The number of aromatic nitrogens is 3. The number of nitrogens with one attached hydrogen (secondary N) is 1. The summed E-state index contributed by atoms with van der Waals surface area (Å²) in [5.41, 5.74) is 0.0498. The van der Waals surface area contributed by atoms with Crippen LogP contribution < -0.4 is 16.6 Å². The highest BCUT2D eigenvalue weighted by atomic mass is 16.2. The van der Waals surface area contributed by atoms with Gasteiger partial charge in [0, 0.05) is 53.4 Å². The summed E-state index contributed by atoms with van der Waals surface area (Å²) in [4.78, 5) is 42.3. The summed E-state index contributed by atoms with van der Waals surface area (Å²) < 4.78 is 4.08. The molecule has 0 aliphatic carbocycles. The summed E-state index contributed by atoms with van der Waals surface area (Å²) in [5, 5.41) is 3.40. The predicted molar refractivity (Wildman–Crippen MR) is 102 cm³/mol. The lowest BCUT2D eigenvalue weighted by atomic mass is 10.2. The van der Waals surface area contributed by atoms with Crippen molar-refractivity contribution in [2.45, 2.75) is 12.5 Å². The summed E-state index contributed by atoms with van der Waals surface area (Å²) in [6, 6.07) is 1.90. The molecule has 3 saturated heterocycles. The number of piperazine rings is 1. The van der Waals surface area contributed by atoms with Gasteiger partial charge in [0.2, 0.25) is 0 Å². The minimum atomic E-state index is -0.406. The molecule has 3 fully saturated rings. The van der Waals surface area contributed by atoms with Crippen LogP contribution in [-0.2, 0) is 21.1 Å². The molecule has 0 spiro atoms. The maximum absolute atomic E-state index is 12.8. The SMILES string of the molecule is Cn1c(=O)c2cc(C(=O)NCC3CN4CCCN3CC4)n(C)c2n(C)c1=O. The molecule has 1 amide bonds. The molecule has 3 atom stereocenters. The van der Waals surface area contributed by atoms with Gasteiger partial charge in [-0.15, -0.1) is 0 Å². The molecule has 5 heterocycles. The molecule has 1 N–H and O–H groups in total. The molecule has 3 aliphatic rings. The zero-order chi connectivity index (χ0) is 19.3. The first-order valence-corrected chi connectivity index (χ1v) is 9.38. The molecule has 2 bridgehead atoms. The van der Waals surface area contributed by atoms with Crippen molar-refractivity contribution in [2.75, 3.05) is 39.3 Å². The van der Waals surface area contributed by atoms with E-state index in [1.165, 1.54) is 18.0 Å². The second-order valence-corrected chi connectivity index (χ2v) is 7.59. The van der Waals surface area contributed by atoms with Crippen LogP contribution in [0.5, 0.6) is 0 Å². The van der Waals surface area contributed by atoms with Crippen LogP contribution in [-0.4, -0.2) is 74.7 Å². The van der Waals surface area contributed by atoms with Crippen molar-refractivity contribution in [3.05, 3.63) is 32.6 Å². The molecule has 2 aromatic rings. The Balaban J connectivity index is 1.59. The lowest BCUT2D eigenvalue weighted by Crippen LogP contribution is -2.54. The van der Waals surface area contributed by atoms with E-state index in [0.29, 0.717) is 29.3 Å². The first-order chi connectivity index (χ1) is 12.9. The standard InChI is InChI=1S/C18H26N6O3/c1-20-14(9-13-16(20)21(2)18(27)22(3)17(13)26)15(25)19-10-12-11-23-5-4-6-24(12)8-7-23/h9,12H,4-8,10-11H2,1-3H3,(H,19,25). The average molecular weight is 374 g/mol. The molecule has 0 aromatic carbocycles. The van der Waals surface area contributed by atoms with Gasteiger partial charge in [0.15, 0.2) is 0 Å². The van der Waals surface area contributed by atoms with Gasteiger partial charge in [-0.05, 0) is 25.6 Å². The van der Waals surface area contributed by atoms with Crippen molar-refractivity contribution in [3.8, 4) is 0 Å². The van der Waals surface area contributed by atoms with Crippen LogP contribution in [0, 0.1) is 0 Å². The Morgan fingerprint density at radius 3 is 2.63 bits per heavy atom. The van der Waals surface area contributed by atoms with Gasteiger partial charge in [0.25, 0.3) is 11.5 Å². The zero-order valence-corrected chi connectivity index (χ0v) is 16.1. The molecule has 5 rings (SSSR count). The highest BCUT2D eigenvalue weighted by molar-refractivity contribution is 5.97. The second kappa shape index (κ2) is 6.65. The molecule has 3 unspecified atom stereocenters. The van der Waals surface area contributed by atoms with Gasteiger partial charge in [-0.1, -0.05) is 0 Å². The zero-order valence-electron chi connectivity index (χ0n) is 16.1. The maximum Gasteiger partial charge on any atom is 0.332 e. The average Bonchev–Trinajstić information content (AvgIpc) is 2.82. The molecular formula is C18H26N6O3. The van der Waals surface area contributed by atoms with E-state index in [-0.39, 0.29) is 11.5 Å². The Bertz CT molecular complexity index is 1010. The van der Waals surface area contributed by atoms with Crippen molar-refractivity contribution < 1.29 is 4.79 Å². The fourth-order valence-electron chi connectivity index (χ4n) is 4.40. The molecule has 0 radical (unpaired) electrons. The number of carbonyl (C=O) groups is 1. The number of rotatable bonds is 3. The number of carbonyl (C=O) groups excluding carboxylic acids is 1. The summed E-state index contributed by atoms with van der Waals surface area (Å²) in [6.45, 7) is 5.90. The lowest BCUT2D eigenvalue weighted by molar-refractivity contribution is 0.0872. The van der Waals surface area contributed by atoms with E-state index in [0.717, 1.165) is 37.3 Å². The van der Waals surface area contributed by atoms with Crippen molar-refractivity contribution in [1.29, 1.82) is 0 Å². The number of amides is 1. The normalized spacial score (nSPS) is 24.9. The third kappa shape index (κ3) is 2.90. The molecule has 0 saturated carbocycles. The number of hydrogen-bond donors (Lipinski definition) is 1.